The third kappa shape index (κ3) is 17.8. The minimum atomic E-state index is -4.97. The zero-order chi connectivity index (χ0) is 63.5. The molecule has 25 heteroatoms. The summed E-state index contributed by atoms with van der Waals surface area (Å²) in [6.07, 6.45) is -4.94. The number of halogens is 4. The molecule has 3 saturated heterocycles. The minimum absolute atomic E-state index is 0.0350. The summed E-state index contributed by atoms with van der Waals surface area (Å²) < 4.78 is 69.1. The predicted molar refractivity (Wildman–Crippen MR) is 328 cm³/mol. The fourth-order valence-electron chi connectivity index (χ4n) is 11.2. The monoisotopic (exact) mass is 1240 g/mol. The van der Waals surface area contributed by atoms with Crippen LogP contribution >= 0.6 is 11.3 Å². The first-order chi connectivity index (χ1) is 41.8. The van der Waals surface area contributed by atoms with Crippen molar-refractivity contribution < 1.29 is 56.1 Å². The van der Waals surface area contributed by atoms with Gasteiger partial charge in [0.15, 0.2) is 0 Å². The maximum atomic E-state index is 15.8. The molecular weight excluding hydrogens is 1160 g/mol. The first-order valence-corrected chi connectivity index (χ1v) is 30.6. The molecule has 88 heavy (non-hydrogen) atoms. The first-order valence-electron chi connectivity index (χ1n) is 29.8. The number of ether oxygens (including phenoxy) is 2. The highest BCUT2D eigenvalue weighted by Crippen LogP contribution is 2.37. The predicted octanol–water partition coefficient (Wildman–Crippen LogP) is 6.27. The van der Waals surface area contributed by atoms with E-state index in [1.54, 1.807) is 47.2 Å². The van der Waals surface area contributed by atoms with Gasteiger partial charge in [0.25, 0.3) is 5.91 Å². The number of β-amino-alcohol motifs (C(OH)–C–C–N with tert-alkyl or cyclic N) is 1. The molecule has 5 heterocycles. The van der Waals surface area contributed by atoms with Crippen LogP contribution in [0.5, 0.6) is 0 Å². The molecule has 0 saturated carbocycles. The van der Waals surface area contributed by atoms with E-state index in [0.29, 0.717) is 50.0 Å². The minimum Gasteiger partial charge on any atom is -0.391 e. The van der Waals surface area contributed by atoms with Gasteiger partial charge in [-0.25, -0.2) is 9.37 Å². The van der Waals surface area contributed by atoms with Crippen molar-refractivity contribution in [2.45, 2.75) is 110 Å². The molecule has 5 atom stereocenters. The first kappa shape index (κ1) is 66.8. The lowest BCUT2D eigenvalue weighted by Gasteiger charge is -2.44. The number of aromatic nitrogens is 2. The molecule has 5 amide bonds. The van der Waals surface area contributed by atoms with Crippen LogP contribution in [0.25, 0.3) is 21.6 Å². The van der Waals surface area contributed by atoms with Gasteiger partial charge in [0.05, 0.1) is 71.1 Å². The molecular formula is C63H81F4N11O9S. The van der Waals surface area contributed by atoms with Crippen molar-refractivity contribution in [2.24, 2.45) is 5.41 Å². The number of aryl methyl sites for hydroxylation is 1. The van der Waals surface area contributed by atoms with E-state index in [0.717, 1.165) is 59.6 Å². The highest BCUT2D eigenvalue weighted by atomic mass is 32.1. The third-order valence-electron chi connectivity index (χ3n) is 16.4. The molecule has 2 aromatic heterocycles. The Morgan fingerprint density at radius 2 is 1.47 bits per heavy atom. The van der Waals surface area contributed by atoms with Crippen molar-refractivity contribution in [2.75, 3.05) is 103 Å². The highest BCUT2D eigenvalue weighted by molar-refractivity contribution is 7.13. The summed E-state index contributed by atoms with van der Waals surface area (Å²) in [5.74, 6) is -3.03. The van der Waals surface area contributed by atoms with Crippen molar-refractivity contribution in [3.8, 4) is 21.6 Å². The van der Waals surface area contributed by atoms with Crippen molar-refractivity contribution in [1.82, 2.24) is 45.5 Å². The molecule has 3 aliphatic heterocycles. The number of pyridine rings is 1. The molecule has 3 fully saturated rings. The molecule has 0 aliphatic carbocycles. The second-order valence-corrected chi connectivity index (χ2v) is 24.9. The van der Waals surface area contributed by atoms with Gasteiger partial charge in [-0.3, -0.25) is 43.5 Å². The Balaban J connectivity index is 0.720. The van der Waals surface area contributed by atoms with Crippen LogP contribution in [0, 0.1) is 18.2 Å². The van der Waals surface area contributed by atoms with Gasteiger partial charge in [-0.2, -0.15) is 13.2 Å². The lowest BCUT2D eigenvalue weighted by Crippen LogP contribution is -2.57. The number of amides is 5. The molecule has 6 N–H and O–H groups in total. The molecule has 476 valence electrons. The molecule has 0 radical (unpaired) electrons. The van der Waals surface area contributed by atoms with Crippen LogP contribution in [0.1, 0.15) is 86.6 Å². The van der Waals surface area contributed by atoms with Crippen LogP contribution in [-0.4, -0.2) is 187 Å². The summed E-state index contributed by atoms with van der Waals surface area (Å²) in [6.45, 7) is 17.9. The van der Waals surface area contributed by atoms with Gasteiger partial charge in [-0.1, -0.05) is 57.2 Å². The van der Waals surface area contributed by atoms with Gasteiger partial charge in [0.2, 0.25) is 29.2 Å². The second-order valence-electron chi connectivity index (χ2n) is 24.0. The number of thiazole rings is 1. The summed E-state index contributed by atoms with van der Waals surface area (Å²) in [5.41, 5.74) is 3.05. The summed E-state index contributed by atoms with van der Waals surface area (Å²) >= 11 is 1.56. The Morgan fingerprint density at radius 1 is 0.818 bits per heavy atom. The number of aliphatic hydroxyl groups excluding tert-OH is 1. The number of likely N-dealkylation sites (tertiary alicyclic amines) is 1. The Hall–Kier alpha value is -7.13. The number of H-pyrrole nitrogens is 1. The van der Waals surface area contributed by atoms with Crippen LogP contribution in [0.15, 0.2) is 83.2 Å². The number of benzene rings is 3. The Bertz CT molecular complexity index is 3280. The number of rotatable bonds is 24. The van der Waals surface area contributed by atoms with Gasteiger partial charge in [-0.05, 0) is 79.8 Å². The van der Waals surface area contributed by atoms with Gasteiger partial charge in [0, 0.05) is 121 Å². The smallest absolute Gasteiger partial charge is 0.391 e. The fraction of sp³-hybridized carbons (Fsp3) is 0.508. The Morgan fingerprint density at radius 3 is 2.11 bits per heavy atom. The summed E-state index contributed by atoms with van der Waals surface area (Å²) in [6, 6.07) is 16.4. The van der Waals surface area contributed by atoms with Crippen molar-refractivity contribution in [3.05, 3.63) is 123 Å². The number of carbonyl (C=O) groups is 5. The van der Waals surface area contributed by atoms with E-state index in [-0.39, 0.29) is 88.0 Å². The highest BCUT2D eigenvalue weighted by Gasteiger charge is 2.45. The zero-order valence-electron chi connectivity index (χ0n) is 50.9. The molecule has 5 aromatic rings. The lowest BCUT2D eigenvalue weighted by molar-refractivity contribution is -0.144. The van der Waals surface area contributed by atoms with E-state index in [2.05, 4.69) is 59.8 Å². The molecule has 8 rings (SSSR count). The number of hydrogen-bond donors (Lipinski definition) is 6. The zero-order valence-corrected chi connectivity index (χ0v) is 51.8. The van der Waals surface area contributed by atoms with Crippen LogP contribution in [0.2, 0.25) is 0 Å². The number of alkyl halides is 3. The topological polar surface area (TPSA) is 234 Å². The Labute approximate surface area is 514 Å². The largest absolute Gasteiger partial charge is 0.417 e. The molecule has 20 nitrogen and oxygen atoms in total. The number of anilines is 2. The number of nitrogens with one attached hydrogen (secondary N) is 5. The maximum Gasteiger partial charge on any atom is 0.417 e. The third-order valence-corrected chi connectivity index (χ3v) is 17.4. The van der Waals surface area contributed by atoms with Crippen molar-refractivity contribution >= 4 is 52.2 Å². The Kier molecular flexibility index (Phi) is 22.7. The summed E-state index contributed by atoms with van der Waals surface area (Å²) in [5, 5.41) is 22.0. The van der Waals surface area contributed by atoms with Crippen LogP contribution in [-0.2, 0) is 47.9 Å². The number of carbonyl (C=O) groups excluding carboxylic acids is 5. The number of aromatic amines is 1. The van der Waals surface area contributed by atoms with Gasteiger partial charge < -0.3 is 50.6 Å². The number of hydrogen-bond acceptors (Lipinski definition) is 15. The molecule has 3 aromatic carbocycles. The molecule has 0 spiro atoms. The summed E-state index contributed by atoms with van der Waals surface area (Å²) in [7, 11) is 2.01. The van der Waals surface area contributed by atoms with Gasteiger partial charge >= 0.3 is 6.18 Å². The standard InChI is InChI=1S/C63H81F4N11O9S/c1-39-34-77(35-40(2)74(39)7)52-15-13-45(29-51(52)72-59(83)48-33-69-56(82)31-49(48)63(65,66)67)47-28-43(10-14-50(47)64)36-76-22-20-75(21-23-76)19-18-68-54(80)16-24-86-26-27-87-25-17-55(81)73-58(62(4,5)6)61(85)78-37-46(79)30-53(78)60(84)70-32-42-8-11-44(12-9-42)57-41(3)71-38-88-57/h8-15,28-29,31,33,38-40,46,53,58,79H,16-27,30,32,34-37H2,1-7H3,(H,68,80)(H,69,82)(H,70,84)(H,72,83)(H,73,81)/t39-,40+,46-,53+,58?/m1/s1. The van der Waals surface area contributed by atoms with E-state index in [9.17, 15) is 47.0 Å². The second kappa shape index (κ2) is 29.9. The van der Waals surface area contributed by atoms with E-state index in [1.165, 1.54) is 11.0 Å². The summed E-state index contributed by atoms with van der Waals surface area (Å²) in [4.78, 5) is 96.5. The van der Waals surface area contributed by atoms with Gasteiger partial charge in [-0.15, -0.1) is 11.3 Å². The molecule has 1 unspecified atom stereocenters. The average Bonchev–Trinajstić information content (AvgIpc) is 3.09. The van der Waals surface area contributed by atoms with Gasteiger partial charge in [0.1, 0.15) is 17.9 Å². The lowest BCUT2D eigenvalue weighted by atomic mass is 9.85. The van der Waals surface area contributed by atoms with E-state index >= 15 is 4.39 Å². The van der Waals surface area contributed by atoms with Crippen LogP contribution in [0.3, 0.4) is 0 Å². The number of likely N-dealkylation sites (N-methyl/N-ethyl adjacent to an activating group) is 1. The molecule has 3 aliphatic rings. The van der Waals surface area contributed by atoms with Crippen LogP contribution in [0.4, 0.5) is 28.9 Å². The van der Waals surface area contributed by atoms with E-state index in [4.69, 9.17) is 9.47 Å². The maximum absolute atomic E-state index is 15.8. The van der Waals surface area contributed by atoms with E-state index < -0.39 is 75.9 Å². The van der Waals surface area contributed by atoms with Crippen molar-refractivity contribution in [1.29, 1.82) is 0 Å². The number of nitrogens with zero attached hydrogens (tertiary/aromatic N) is 6. The molecule has 0 bridgehead atoms. The van der Waals surface area contributed by atoms with E-state index in [1.807, 2.05) is 63.9 Å². The average molecular weight is 1240 g/mol. The number of aliphatic hydroxyl groups is 1. The number of piperazine rings is 2. The fourth-order valence-corrected chi connectivity index (χ4v) is 12.0. The van der Waals surface area contributed by atoms with Crippen LogP contribution < -0.4 is 31.7 Å². The normalized spacial score (nSPS) is 19.1. The van der Waals surface area contributed by atoms with Crippen molar-refractivity contribution in [3.63, 3.8) is 0 Å². The SMILES string of the molecule is Cc1ncsc1-c1ccc(CNC(=O)[C@@H]2C[C@@H](O)CN2C(=O)C(NC(=O)CCOCCOCCC(=O)NCCN2CCN(Cc3ccc(F)c(-c4ccc(N5C[C@@H](C)N(C)[C@@H](C)C5)c(NC(=O)c5c[nH]c(=O)cc5C(F)(F)F)c4)c3)CC2)C(C)(C)C)cc1. The quantitative estimate of drug-likeness (QED) is 0.0296.